The zero-order valence-electron chi connectivity index (χ0n) is 19.1. The number of nitrogens with one attached hydrogen (secondary N) is 2. The predicted molar refractivity (Wildman–Crippen MR) is 142 cm³/mol. The molecule has 2 aromatic heterocycles. The second-order valence-corrected chi connectivity index (χ2v) is 8.75. The Kier molecular flexibility index (Phi) is 8.03. The Morgan fingerprint density at radius 3 is 2.77 bits per heavy atom. The summed E-state index contributed by atoms with van der Waals surface area (Å²) in [6.45, 7) is 2.20. The molecule has 2 heterocycles. The number of hydrogen-bond donors (Lipinski definition) is 2. The highest BCUT2D eigenvalue weighted by Gasteiger charge is 2.09. The van der Waals surface area contributed by atoms with Crippen molar-refractivity contribution in [3.8, 4) is 23.3 Å². The molecule has 0 unspecified atom stereocenters. The maximum atomic E-state index is 11.6. The minimum atomic E-state index is -0.0317. The van der Waals surface area contributed by atoms with Crippen LogP contribution in [0.1, 0.15) is 11.3 Å². The van der Waals surface area contributed by atoms with Crippen LogP contribution >= 0.6 is 23.4 Å². The van der Waals surface area contributed by atoms with Crippen LogP contribution in [0.3, 0.4) is 0 Å². The van der Waals surface area contributed by atoms with Gasteiger partial charge in [-0.25, -0.2) is 9.97 Å². The van der Waals surface area contributed by atoms with Crippen molar-refractivity contribution in [1.82, 2.24) is 20.3 Å². The molecule has 0 aliphatic carbocycles. The molecule has 0 saturated carbocycles. The number of aromatic nitrogens is 3. The van der Waals surface area contributed by atoms with Crippen LogP contribution in [0.25, 0.3) is 10.9 Å². The minimum Gasteiger partial charge on any atom is -0.454 e. The van der Waals surface area contributed by atoms with Gasteiger partial charge in [0.25, 0.3) is 0 Å². The summed E-state index contributed by atoms with van der Waals surface area (Å²) >= 11 is 7.94. The number of hydrogen-bond acceptors (Lipinski definition) is 7. The highest BCUT2D eigenvalue weighted by molar-refractivity contribution is 7.99. The summed E-state index contributed by atoms with van der Waals surface area (Å²) in [6.07, 6.45) is 5.04. The average Bonchev–Trinajstić information content (AvgIpc) is 2.85. The number of amides is 1. The lowest BCUT2D eigenvalue weighted by molar-refractivity contribution is -0.118. The quantitative estimate of drug-likeness (QED) is 0.328. The molecule has 2 aromatic carbocycles. The van der Waals surface area contributed by atoms with Gasteiger partial charge in [0.15, 0.2) is 0 Å². The Labute approximate surface area is 212 Å². The molecule has 4 aromatic rings. The highest BCUT2D eigenvalue weighted by Crippen LogP contribution is 2.33. The Balaban J connectivity index is 1.50. The number of aryl methyl sites for hydroxylation is 1. The number of fused-ring (bicyclic) bond motifs is 1. The molecule has 9 heteroatoms. The number of pyridine rings is 1. The first-order valence-corrected chi connectivity index (χ1v) is 12.5. The first-order chi connectivity index (χ1) is 17.0. The molecule has 0 aliphatic rings. The van der Waals surface area contributed by atoms with E-state index in [-0.39, 0.29) is 5.91 Å². The zero-order valence-corrected chi connectivity index (χ0v) is 20.7. The Hall–Kier alpha value is -3.80. The van der Waals surface area contributed by atoms with Gasteiger partial charge in [-0.05, 0) is 61.7 Å². The number of ether oxygens (including phenoxy) is 1. The topological polar surface area (TPSA) is 89.0 Å². The van der Waals surface area contributed by atoms with E-state index in [0.29, 0.717) is 34.6 Å². The van der Waals surface area contributed by atoms with Crippen molar-refractivity contribution in [2.75, 3.05) is 23.9 Å². The molecular weight excluding hydrogens is 482 g/mol. The van der Waals surface area contributed by atoms with Crippen molar-refractivity contribution in [2.24, 2.45) is 0 Å². The van der Waals surface area contributed by atoms with Crippen LogP contribution in [0.4, 0.5) is 11.5 Å². The molecule has 2 N–H and O–H groups in total. The lowest BCUT2D eigenvalue weighted by Gasteiger charge is -2.11. The van der Waals surface area contributed by atoms with E-state index in [1.54, 1.807) is 18.3 Å². The second kappa shape index (κ2) is 11.6. The average molecular weight is 504 g/mol. The van der Waals surface area contributed by atoms with Crippen molar-refractivity contribution in [3.63, 3.8) is 0 Å². The number of nitrogens with zero attached hydrogens (tertiary/aromatic N) is 3. The number of thioether (sulfide) groups is 1. The Morgan fingerprint density at radius 1 is 1.11 bits per heavy atom. The molecule has 35 heavy (non-hydrogen) atoms. The number of carbonyl (C=O) groups excluding carboxylic acids is 1. The monoisotopic (exact) mass is 503 g/mol. The lowest BCUT2D eigenvalue weighted by Crippen LogP contribution is -2.25. The predicted octanol–water partition coefficient (Wildman–Crippen LogP) is 5.35. The van der Waals surface area contributed by atoms with Crippen LogP contribution in [0.15, 0.2) is 61.1 Å². The molecule has 0 saturated heterocycles. The fourth-order valence-corrected chi connectivity index (χ4v) is 3.73. The fourth-order valence-electron chi connectivity index (χ4n) is 3.14. The number of carbonyl (C=O) groups is 1. The minimum absolute atomic E-state index is 0.0317. The zero-order chi connectivity index (χ0) is 24.6. The van der Waals surface area contributed by atoms with Crippen molar-refractivity contribution < 1.29 is 9.53 Å². The summed E-state index contributed by atoms with van der Waals surface area (Å²) in [5, 5.41) is 7.33. The number of halogens is 1. The summed E-state index contributed by atoms with van der Waals surface area (Å²) in [4.78, 5) is 24.5. The molecule has 1 amide bonds. The van der Waals surface area contributed by atoms with Gasteiger partial charge in [-0.15, -0.1) is 0 Å². The largest absolute Gasteiger partial charge is 0.454 e. The van der Waals surface area contributed by atoms with Crippen molar-refractivity contribution in [1.29, 1.82) is 0 Å². The third-order valence-electron chi connectivity index (χ3n) is 4.82. The van der Waals surface area contributed by atoms with Gasteiger partial charge in [-0.2, -0.15) is 11.8 Å². The lowest BCUT2D eigenvalue weighted by atomic mass is 10.1. The molecule has 4 rings (SSSR count). The summed E-state index contributed by atoms with van der Waals surface area (Å²) in [6, 6.07) is 14.8. The molecule has 0 spiro atoms. The maximum Gasteiger partial charge on any atom is 0.230 e. The van der Waals surface area contributed by atoms with Gasteiger partial charge in [-0.3, -0.25) is 9.78 Å². The molecule has 176 valence electrons. The summed E-state index contributed by atoms with van der Waals surface area (Å²) in [5.41, 5.74) is 3.23. The van der Waals surface area contributed by atoms with Crippen molar-refractivity contribution in [2.45, 2.75) is 6.92 Å². The number of rotatable bonds is 7. The third-order valence-corrected chi connectivity index (χ3v) is 5.67. The van der Waals surface area contributed by atoms with Gasteiger partial charge in [0.2, 0.25) is 5.91 Å². The molecule has 0 atom stereocenters. The van der Waals surface area contributed by atoms with Crippen molar-refractivity contribution >= 4 is 51.7 Å². The SMILES string of the molecule is CSCC(=O)NCC#Cc1ccc2ncnc(Nc3ccc(Oc4ccc(C)nc4)c(Cl)c3)c2c1. The van der Waals surface area contributed by atoms with Gasteiger partial charge >= 0.3 is 0 Å². The van der Waals surface area contributed by atoms with Crippen LogP contribution in [-0.2, 0) is 4.79 Å². The fraction of sp³-hybridized carbons (Fsp3) is 0.154. The highest BCUT2D eigenvalue weighted by atomic mass is 35.5. The van der Waals surface area contributed by atoms with Gasteiger partial charge in [0.05, 0.1) is 29.0 Å². The summed E-state index contributed by atoms with van der Waals surface area (Å²) in [5.74, 6) is 8.19. The van der Waals surface area contributed by atoms with Crippen LogP contribution < -0.4 is 15.4 Å². The number of anilines is 2. The second-order valence-electron chi connectivity index (χ2n) is 7.47. The summed E-state index contributed by atoms with van der Waals surface area (Å²) < 4.78 is 5.84. The van der Waals surface area contributed by atoms with Gasteiger partial charge < -0.3 is 15.4 Å². The molecule has 0 radical (unpaired) electrons. The van der Waals surface area contributed by atoms with E-state index >= 15 is 0 Å². The molecule has 7 nitrogen and oxygen atoms in total. The van der Waals surface area contributed by atoms with Gasteiger partial charge in [0, 0.05) is 22.3 Å². The van der Waals surface area contributed by atoms with Gasteiger partial charge in [0.1, 0.15) is 23.6 Å². The van der Waals surface area contributed by atoms with E-state index < -0.39 is 0 Å². The van der Waals surface area contributed by atoms with E-state index in [9.17, 15) is 4.79 Å². The molecular formula is C26H22ClN5O2S. The van der Waals surface area contributed by atoms with Crippen LogP contribution in [0.2, 0.25) is 5.02 Å². The molecule has 0 aliphatic heterocycles. The Morgan fingerprint density at radius 2 is 2.00 bits per heavy atom. The van der Waals surface area contributed by atoms with E-state index in [0.717, 1.165) is 27.8 Å². The van der Waals surface area contributed by atoms with Crippen LogP contribution in [-0.4, -0.2) is 39.4 Å². The standard InChI is InChI=1S/C26H22ClN5O2S/c1-17-5-8-20(14-29-17)34-24-10-7-19(13-22(24)27)32-26-21-12-18(6-9-23(21)30-16-31-26)4-3-11-28-25(33)15-35-2/h5-10,12-14,16H,11,15H2,1-2H3,(H,28,33)(H,30,31,32). The van der Waals surface area contributed by atoms with Crippen LogP contribution in [0.5, 0.6) is 11.5 Å². The molecule has 0 fully saturated rings. The Bertz CT molecular complexity index is 1420. The van der Waals surface area contributed by atoms with Crippen molar-refractivity contribution in [3.05, 3.63) is 77.3 Å². The first kappa shape index (κ1) is 24.3. The van der Waals surface area contributed by atoms with E-state index in [2.05, 4.69) is 37.4 Å². The van der Waals surface area contributed by atoms with E-state index in [1.807, 2.05) is 49.6 Å². The van der Waals surface area contributed by atoms with E-state index in [4.69, 9.17) is 16.3 Å². The number of benzene rings is 2. The normalized spacial score (nSPS) is 10.4. The van der Waals surface area contributed by atoms with Crippen LogP contribution in [0, 0.1) is 18.8 Å². The van der Waals surface area contributed by atoms with Gasteiger partial charge in [-0.1, -0.05) is 23.4 Å². The molecule has 0 bridgehead atoms. The first-order valence-electron chi connectivity index (χ1n) is 10.7. The maximum absolute atomic E-state index is 11.6. The smallest absolute Gasteiger partial charge is 0.230 e. The third kappa shape index (κ3) is 6.63. The van der Waals surface area contributed by atoms with E-state index in [1.165, 1.54) is 18.1 Å². The summed E-state index contributed by atoms with van der Waals surface area (Å²) in [7, 11) is 0.